The number of carbonyl (C=O) groups excluding carboxylic acids is 4. The molecule has 0 atom stereocenters. The molecule has 7 heteroatoms. The Hall–Kier alpha value is -5.01. The molecule has 0 aliphatic heterocycles. The summed E-state index contributed by atoms with van der Waals surface area (Å²) in [5.41, 5.74) is 3.18. The zero-order valence-electron chi connectivity index (χ0n) is 21.8. The van der Waals surface area contributed by atoms with Gasteiger partial charge in [0.05, 0.1) is 9.81 Å². The minimum Gasteiger partial charge on any atom is -0.377 e. The molecule has 6 nitrogen and oxygen atoms in total. The first-order chi connectivity index (χ1) is 20.0. The van der Waals surface area contributed by atoms with Gasteiger partial charge in [-0.3, -0.25) is 19.2 Å². The van der Waals surface area contributed by atoms with Crippen molar-refractivity contribution in [2.45, 2.75) is 13.1 Å². The predicted octanol–water partition coefficient (Wildman–Crippen LogP) is 5.88. The van der Waals surface area contributed by atoms with Crippen LogP contribution in [0.4, 0.5) is 0 Å². The number of fused-ring (bicyclic) bond motifs is 2. The van der Waals surface area contributed by atoms with Gasteiger partial charge in [-0.15, -0.1) is 0 Å². The van der Waals surface area contributed by atoms with Crippen molar-refractivity contribution in [3.63, 3.8) is 0 Å². The van der Waals surface area contributed by atoms with Crippen LogP contribution in [0.2, 0.25) is 0 Å². The van der Waals surface area contributed by atoms with Crippen LogP contribution >= 0.6 is 11.8 Å². The van der Waals surface area contributed by atoms with Gasteiger partial charge in [-0.25, -0.2) is 0 Å². The lowest BCUT2D eigenvalue weighted by Gasteiger charge is -2.25. The highest BCUT2D eigenvalue weighted by Gasteiger charge is 2.38. The summed E-state index contributed by atoms with van der Waals surface area (Å²) in [4.78, 5) is 55.3. The lowest BCUT2D eigenvalue weighted by atomic mass is 9.92. The number of benzene rings is 4. The third kappa shape index (κ3) is 5.03. The van der Waals surface area contributed by atoms with Crippen LogP contribution in [0.3, 0.4) is 0 Å². The lowest BCUT2D eigenvalue weighted by Crippen LogP contribution is -2.32. The van der Waals surface area contributed by atoms with Crippen molar-refractivity contribution in [2.24, 2.45) is 0 Å². The van der Waals surface area contributed by atoms with Crippen molar-refractivity contribution >= 4 is 34.9 Å². The molecule has 0 aromatic heterocycles. The highest BCUT2D eigenvalue weighted by molar-refractivity contribution is 8.08. The molecule has 0 saturated carbocycles. The van der Waals surface area contributed by atoms with Crippen LogP contribution in [0.25, 0.3) is 0 Å². The van der Waals surface area contributed by atoms with Crippen molar-refractivity contribution in [3.05, 3.63) is 164 Å². The van der Waals surface area contributed by atoms with Crippen LogP contribution in [0, 0.1) is 0 Å². The highest BCUT2D eigenvalue weighted by atomic mass is 32.2. The molecule has 0 amide bonds. The van der Waals surface area contributed by atoms with E-state index < -0.39 is 0 Å². The Labute approximate surface area is 241 Å². The Balaban J connectivity index is 1.45. The van der Waals surface area contributed by atoms with Gasteiger partial charge in [0.1, 0.15) is 11.4 Å². The van der Waals surface area contributed by atoms with Crippen LogP contribution in [0.5, 0.6) is 0 Å². The van der Waals surface area contributed by atoms with E-state index in [9.17, 15) is 19.2 Å². The van der Waals surface area contributed by atoms with E-state index in [4.69, 9.17) is 0 Å². The van der Waals surface area contributed by atoms with Gasteiger partial charge in [0.2, 0.25) is 23.1 Å². The maximum atomic E-state index is 13.9. The van der Waals surface area contributed by atoms with Crippen LogP contribution in [-0.2, 0) is 13.1 Å². The summed E-state index contributed by atoms with van der Waals surface area (Å²) < 4.78 is 0. The van der Waals surface area contributed by atoms with E-state index in [0.717, 1.165) is 22.9 Å². The van der Waals surface area contributed by atoms with E-state index in [0.29, 0.717) is 24.2 Å². The van der Waals surface area contributed by atoms with E-state index in [1.807, 2.05) is 60.7 Å². The van der Waals surface area contributed by atoms with E-state index in [1.54, 1.807) is 48.5 Å². The fourth-order valence-electron chi connectivity index (χ4n) is 4.90. The maximum absolute atomic E-state index is 13.9. The number of ketones is 4. The van der Waals surface area contributed by atoms with Crippen LogP contribution < -0.4 is 10.6 Å². The molecule has 0 heterocycles. The first-order valence-electron chi connectivity index (χ1n) is 13.1. The standard InChI is InChI=1S/C34H24N2O4S/c37-29-23-15-7-9-17-25(23)31(39)33(27(29)35-19-21-11-3-1-4-12-21)41-34-28(36-20-22-13-5-2-6-14-22)30(38)24-16-8-10-18-26(24)32(34)40/h1-18,35-36H,19-20H2. The number of thioether (sulfide) groups is 1. The molecule has 0 unspecified atom stereocenters. The molecule has 0 bridgehead atoms. The number of nitrogens with one attached hydrogen (secondary N) is 2. The molecule has 200 valence electrons. The third-order valence-electron chi connectivity index (χ3n) is 6.98. The molecule has 41 heavy (non-hydrogen) atoms. The van der Waals surface area contributed by atoms with Crippen molar-refractivity contribution in [1.29, 1.82) is 0 Å². The summed E-state index contributed by atoms with van der Waals surface area (Å²) in [5.74, 6) is -1.44. The fourth-order valence-corrected chi connectivity index (χ4v) is 6.04. The summed E-state index contributed by atoms with van der Waals surface area (Å²) in [6, 6.07) is 32.3. The minimum atomic E-state index is -0.380. The second kappa shape index (κ2) is 11.2. The Morgan fingerprint density at radius 1 is 0.415 bits per heavy atom. The molecule has 6 rings (SSSR count). The first-order valence-corrected chi connectivity index (χ1v) is 13.9. The minimum absolute atomic E-state index is 0.0826. The average molecular weight is 557 g/mol. The molecule has 4 aromatic carbocycles. The van der Waals surface area contributed by atoms with Gasteiger partial charge in [0.15, 0.2) is 0 Å². The Morgan fingerprint density at radius 2 is 0.732 bits per heavy atom. The fraction of sp³-hybridized carbons (Fsp3) is 0.0588. The van der Waals surface area contributed by atoms with E-state index >= 15 is 0 Å². The van der Waals surface area contributed by atoms with Gasteiger partial charge >= 0.3 is 0 Å². The molecule has 0 saturated heterocycles. The summed E-state index contributed by atoms with van der Waals surface area (Å²) in [6.45, 7) is 0.602. The third-order valence-corrected chi connectivity index (χ3v) is 8.17. The van der Waals surface area contributed by atoms with Gasteiger partial charge in [0, 0.05) is 35.3 Å². The number of carbonyl (C=O) groups is 4. The summed E-state index contributed by atoms with van der Waals surface area (Å²) in [5, 5.41) is 6.33. The monoisotopic (exact) mass is 556 g/mol. The molecule has 0 fully saturated rings. The summed E-state index contributed by atoms with van der Waals surface area (Å²) in [7, 11) is 0. The molecule has 0 spiro atoms. The van der Waals surface area contributed by atoms with Crippen LogP contribution in [0.1, 0.15) is 52.6 Å². The second-order valence-corrected chi connectivity index (χ2v) is 10.6. The molecule has 2 aliphatic rings. The van der Waals surface area contributed by atoms with Crippen molar-refractivity contribution in [3.8, 4) is 0 Å². The number of Topliss-reactive ketones (excluding diaryl/α,β-unsaturated/α-hetero) is 4. The van der Waals surface area contributed by atoms with Gasteiger partial charge in [-0.2, -0.15) is 0 Å². The normalized spacial score (nSPS) is 14.6. The van der Waals surface area contributed by atoms with Gasteiger partial charge in [-0.05, 0) is 11.1 Å². The second-order valence-electron chi connectivity index (χ2n) is 9.60. The van der Waals surface area contributed by atoms with Crippen molar-refractivity contribution in [1.82, 2.24) is 10.6 Å². The molecule has 4 aromatic rings. The van der Waals surface area contributed by atoms with E-state index in [2.05, 4.69) is 10.6 Å². The Kier molecular flexibility index (Phi) is 7.18. The van der Waals surface area contributed by atoms with Gasteiger partial charge in [-0.1, -0.05) is 121 Å². The number of hydrogen-bond acceptors (Lipinski definition) is 7. The first kappa shape index (κ1) is 26.2. The molecule has 2 aliphatic carbocycles. The Bertz CT molecular complexity index is 1640. The number of allylic oxidation sites excluding steroid dienone is 4. The molecular formula is C34H24N2O4S. The Morgan fingerprint density at radius 3 is 1.10 bits per heavy atom. The van der Waals surface area contributed by atoms with E-state index in [1.165, 1.54) is 0 Å². The zero-order valence-corrected chi connectivity index (χ0v) is 22.7. The lowest BCUT2D eigenvalue weighted by molar-refractivity contribution is 0.0972. The predicted molar refractivity (Wildman–Crippen MR) is 158 cm³/mol. The molecule has 0 radical (unpaired) electrons. The van der Waals surface area contributed by atoms with E-state index in [-0.39, 0.29) is 55.5 Å². The van der Waals surface area contributed by atoms with Gasteiger partial charge < -0.3 is 10.6 Å². The maximum Gasteiger partial charge on any atom is 0.210 e. The van der Waals surface area contributed by atoms with Crippen molar-refractivity contribution in [2.75, 3.05) is 0 Å². The molecular weight excluding hydrogens is 532 g/mol. The number of hydrogen-bond donors (Lipinski definition) is 2. The van der Waals surface area contributed by atoms with Gasteiger partial charge in [0.25, 0.3) is 0 Å². The topological polar surface area (TPSA) is 92.3 Å². The molecule has 2 N–H and O–H groups in total. The summed E-state index contributed by atoms with van der Waals surface area (Å²) in [6.07, 6.45) is 0. The SMILES string of the molecule is O=C1C(NCc2ccccc2)=C(SC2=C(NCc3ccccc3)C(=O)c3ccccc3C2=O)C(=O)c2ccccc21. The quantitative estimate of drug-likeness (QED) is 0.280. The average Bonchev–Trinajstić information content (AvgIpc) is 3.02. The van der Waals surface area contributed by atoms with Crippen LogP contribution in [0.15, 0.2) is 130 Å². The number of rotatable bonds is 8. The van der Waals surface area contributed by atoms with Crippen molar-refractivity contribution < 1.29 is 19.2 Å². The smallest absolute Gasteiger partial charge is 0.210 e. The highest BCUT2D eigenvalue weighted by Crippen LogP contribution is 2.41. The largest absolute Gasteiger partial charge is 0.377 e. The zero-order chi connectivity index (χ0) is 28.3. The van der Waals surface area contributed by atoms with Crippen LogP contribution in [-0.4, -0.2) is 23.1 Å². The summed E-state index contributed by atoms with van der Waals surface area (Å²) >= 11 is 0.872.